The zero-order chi connectivity index (χ0) is 13.7. The number of hydrogen-bond donors (Lipinski definition) is 1. The van der Waals surface area contributed by atoms with Crippen molar-refractivity contribution in [3.05, 3.63) is 65.7 Å². The maximum absolute atomic E-state index is 11.1. The molecule has 0 aromatic heterocycles. The number of carboxylic acid groups (broad SMARTS) is 1. The first-order chi connectivity index (χ1) is 9.18. The Hall–Kier alpha value is -2.07. The highest BCUT2D eigenvalue weighted by atomic mass is 32.2. The highest BCUT2D eigenvalue weighted by Crippen LogP contribution is 2.23. The van der Waals surface area contributed by atoms with Gasteiger partial charge in [-0.25, -0.2) is 4.79 Å². The molecule has 2 aromatic carbocycles. The lowest BCUT2D eigenvalue weighted by Gasteiger charge is -2.03. The van der Waals surface area contributed by atoms with Crippen molar-refractivity contribution in [2.75, 3.05) is 5.75 Å². The SMILES string of the molecule is O=C(O)c1ccccc1SCC(=[OH+])c1ccccc1. The maximum atomic E-state index is 11.1. The molecular formula is C15H13O3S+. The molecule has 19 heavy (non-hydrogen) atoms. The molecule has 0 bridgehead atoms. The van der Waals surface area contributed by atoms with E-state index < -0.39 is 5.97 Å². The van der Waals surface area contributed by atoms with Crippen LogP contribution >= 0.6 is 11.8 Å². The topological polar surface area (TPSA) is 58.7 Å². The standard InChI is InChI=1S/C15H12O3S/c16-13(11-6-2-1-3-7-11)10-19-14-9-5-4-8-12(14)15(17)18/h1-9H,10H2,(H,17,18)/p+1. The largest absolute Gasteiger partial charge is 0.478 e. The molecule has 0 atom stereocenters. The number of aromatic carboxylic acids is 1. The molecule has 0 radical (unpaired) electrons. The van der Waals surface area contributed by atoms with Crippen molar-refractivity contribution >= 4 is 23.5 Å². The highest BCUT2D eigenvalue weighted by Gasteiger charge is 2.15. The van der Waals surface area contributed by atoms with E-state index in [0.717, 1.165) is 5.56 Å². The molecule has 96 valence electrons. The van der Waals surface area contributed by atoms with Gasteiger partial charge in [0.25, 0.3) is 0 Å². The summed E-state index contributed by atoms with van der Waals surface area (Å²) in [5.41, 5.74) is 1.01. The number of rotatable bonds is 5. The van der Waals surface area contributed by atoms with Crippen LogP contribution in [0.2, 0.25) is 0 Å². The molecule has 0 saturated heterocycles. The number of carbonyl (C=O) groups is 1. The van der Waals surface area contributed by atoms with Gasteiger partial charge in [-0.05, 0) is 24.3 Å². The van der Waals surface area contributed by atoms with Gasteiger partial charge in [0, 0.05) is 4.90 Å². The average Bonchev–Trinajstić information content (AvgIpc) is 2.46. The number of ketones is 1. The zero-order valence-electron chi connectivity index (χ0n) is 10.1. The van der Waals surface area contributed by atoms with Crippen LogP contribution in [0.15, 0.2) is 59.5 Å². The van der Waals surface area contributed by atoms with Crippen molar-refractivity contribution in [1.82, 2.24) is 0 Å². The van der Waals surface area contributed by atoms with E-state index in [1.165, 1.54) is 11.8 Å². The average molecular weight is 273 g/mol. The van der Waals surface area contributed by atoms with E-state index in [1.807, 2.05) is 30.3 Å². The lowest BCUT2D eigenvalue weighted by atomic mass is 10.2. The molecule has 3 nitrogen and oxygen atoms in total. The molecule has 0 unspecified atom stereocenters. The van der Waals surface area contributed by atoms with Crippen molar-refractivity contribution in [3.63, 3.8) is 0 Å². The molecule has 2 N–H and O–H groups in total. The fraction of sp³-hybridized carbons (Fsp3) is 0.0667. The molecule has 0 spiro atoms. The van der Waals surface area contributed by atoms with Gasteiger partial charge in [-0.15, -0.1) is 11.8 Å². The molecule has 0 saturated carbocycles. The summed E-state index contributed by atoms with van der Waals surface area (Å²) in [5.74, 6) is -0.373. The van der Waals surface area contributed by atoms with Gasteiger partial charge in [-0.3, -0.25) is 4.79 Å². The van der Waals surface area contributed by atoms with Gasteiger partial charge in [0.1, 0.15) is 5.75 Å². The molecule has 0 amide bonds. The number of benzene rings is 2. The Labute approximate surface area is 115 Å². The van der Waals surface area contributed by atoms with E-state index in [9.17, 15) is 9.59 Å². The summed E-state index contributed by atoms with van der Waals surface area (Å²) in [4.78, 5) is 21.7. The third-order valence-electron chi connectivity index (χ3n) is 2.59. The molecule has 2 rings (SSSR count). The van der Waals surface area contributed by atoms with Crippen molar-refractivity contribution in [2.45, 2.75) is 4.90 Å². The highest BCUT2D eigenvalue weighted by molar-refractivity contribution is 8.00. The van der Waals surface area contributed by atoms with Gasteiger partial charge in [-0.2, -0.15) is 0 Å². The van der Waals surface area contributed by atoms with Crippen molar-refractivity contribution < 1.29 is 14.7 Å². The van der Waals surface area contributed by atoms with Crippen LogP contribution in [0.1, 0.15) is 15.9 Å². The third kappa shape index (κ3) is 3.45. The van der Waals surface area contributed by atoms with Crippen LogP contribution in [0.5, 0.6) is 0 Å². The van der Waals surface area contributed by atoms with Crippen LogP contribution in [0, 0.1) is 0 Å². The second-order valence-corrected chi connectivity index (χ2v) is 4.92. The van der Waals surface area contributed by atoms with Crippen molar-refractivity contribution in [1.29, 1.82) is 0 Å². The van der Waals surface area contributed by atoms with Gasteiger partial charge in [-0.1, -0.05) is 30.3 Å². The van der Waals surface area contributed by atoms with E-state index in [0.29, 0.717) is 10.6 Å². The molecular weight excluding hydrogens is 260 g/mol. The van der Waals surface area contributed by atoms with Crippen LogP contribution < -0.4 is 0 Å². The lowest BCUT2D eigenvalue weighted by Crippen LogP contribution is -2.05. The summed E-state index contributed by atoms with van der Waals surface area (Å²) >= 11 is 1.31. The fourth-order valence-electron chi connectivity index (χ4n) is 1.63. The van der Waals surface area contributed by atoms with Gasteiger partial charge >= 0.3 is 11.8 Å². The molecule has 0 fully saturated rings. The molecule has 4 heteroatoms. The van der Waals surface area contributed by atoms with Crippen LogP contribution in [0.3, 0.4) is 0 Å². The Kier molecular flexibility index (Phi) is 4.36. The number of carboxylic acids is 1. The van der Waals surface area contributed by atoms with Crippen LogP contribution in [0.25, 0.3) is 0 Å². The van der Waals surface area contributed by atoms with Crippen LogP contribution in [-0.4, -0.2) is 27.4 Å². The summed E-state index contributed by atoms with van der Waals surface area (Å²) in [6, 6.07) is 16.0. The summed E-state index contributed by atoms with van der Waals surface area (Å²) in [5, 5.41) is 9.07. The summed E-state index contributed by atoms with van der Waals surface area (Å²) in [7, 11) is 0. The van der Waals surface area contributed by atoms with Crippen LogP contribution in [0.4, 0.5) is 0 Å². The maximum Gasteiger partial charge on any atom is 0.336 e. The Morgan fingerprint density at radius 1 is 1.05 bits per heavy atom. The van der Waals surface area contributed by atoms with Gasteiger partial charge in [0.2, 0.25) is 0 Å². The van der Waals surface area contributed by atoms with E-state index in [-0.39, 0.29) is 11.3 Å². The minimum absolute atomic E-state index is 0.241. The number of thioether (sulfide) groups is 1. The molecule has 2 aromatic rings. The summed E-state index contributed by atoms with van der Waals surface area (Å²) in [6.45, 7) is 0. The molecule has 0 heterocycles. The van der Waals surface area contributed by atoms with Gasteiger partial charge < -0.3 is 5.11 Å². The van der Waals surface area contributed by atoms with E-state index in [1.54, 1.807) is 24.3 Å². The first-order valence-corrected chi connectivity index (χ1v) is 6.72. The zero-order valence-corrected chi connectivity index (χ0v) is 10.9. The second kappa shape index (κ2) is 6.20. The first-order valence-electron chi connectivity index (χ1n) is 5.74. The lowest BCUT2D eigenvalue weighted by molar-refractivity contribution is 0.0693. The van der Waals surface area contributed by atoms with E-state index in [4.69, 9.17) is 5.11 Å². The molecule has 0 aliphatic rings. The predicted molar refractivity (Wildman–Crippen MR) is 76.6 cm³/mol. The third-order valence-corrected chi connectivity index (χ3v) is 3.67. The van der Waals surface area contributed by atoms with E-state index in [2.05, 4.69) is 0 Å². The van der Waals surface area contributed by atoms with Crippen molar-refractivity contribution in [3.8, 4) is 0 Å². The minimum Gasteiger partial charge on any atom is -0.478 e. The molecule has 0 aliphatic heterocycles. The minimum atomic E-state index is -0.956. The molecule has 0 aliphatic carbocycles. The van der Waals surface area contributed by atoms with Crippen molar-refractivity contribution in [2.24, 2.45) is 0 Å². The van der Waals surface area contributed by atoms with Gasteiger partial charge in [0.05, 0.1) is 11.1 Å². The summed E-state index contributed by atoms with van der Waals surface area (Å²) in [6.07, 6.45) is 0. The van der Waals surface area contributed by atoms with Crippen LogP contribution in [-0.2, 0) is 0 Å². The Bertz CT molecular complexity index is 593. The second-order valence-electron chi connectivity index (χ2n) is 3.90. The van der Waals surface area contributed by atoms with E-state index >= 15 is 0 Å². The Balaban J connectivity index is 2.07. The quantitative estimate of drug-likeness (QED) is 0.517. The normalized spacial score (nSPS) is 10.1. The smallest absolute Gasteiger partial charge is 0.336 e. The fourth-order valence-corrected chi connectivity index (χ4v) is 2.57. The first kappa shape index (κ1) is 13.4. The predicted octanol–water partition coefficient (Wildman–Crippen LogP) is 3.07. The Morgan fingerprint density at radius 3 is 2.37 bits per heavy atom. The van der Waals surface area contributed by atoms with Gasteiger partial charge in [0.15, 0.2) is 0 Å². The number of hydrogen-bond acceptors (Lipinski definition) is 2. The number of carbonyl (C=O) groups excluding carboxylic acids is 1. The Morgan fingerprint density at radius 2 is 1.68 bits per heavy atom. The summed E-state index contributed by atoms with van der Waals surface area (Å²) < 4.78 is 0. The monoisotopic (exact) mass is 273 g/mol.